The van der Waals surface area contributed by atoms with Crippen molar-refractivity contribution in [3.63, 3.8) is 0 Å². The third kappa shape index (κ3) is 3.09. The number of nitrogens with zero attached hydrogens (tertiary/aromatic N) is 1. The molecule has 0 bridgehead atoms. The smallest absolute Gasteiger partial charge is 0.261 e. The molecule has 3 heterocycles. The van der Waals surface area contributed by atoms with Crippen LogP contribution >= 0.6 is 11.3 Å². The van der Waals surface area contributed by atoms with Crippen LogP contribution in [0.4, 0.5) is 0 Å². The Morgan fingerprint density at radius 2 is 2.22 bits per heavy atom. The summed E-state index contributed by atoms with van der Waals surface area (Å²) in [4.78, 5) is 27.9. The molecule has 3 aromatic rings. The molecule has 0 aliphatic rings. The van der Waals surface area contributed by atoms with Gasteiger partial charge in [0.1, 0.15) is 5.56 Å². The fourth-order valence-electron chi connectivity index (χ4n) is 2.25. The quantitative estimate of drug-likeness (QED) is 0.687. The fourth-order valence-corrected chi connectivity index (χ4v) is 3.00. The number of rotatable bonds is 4. The monoisotopic (exact) mass is 328 g/mol. The summed E-state index contributed by atoms with van der Waals surface area (Å²) in [5.74, 6) is -0.396. The van der Waals surface area contributed by atoms with E-state index < -0.39 is 5.91 Å². The van der Waals surface area contributed by atoms with E-state index in [1.165, 1.54) is 0 Å². The Morgan fingerprint density at radius 3 is 2.96 bits per heavy atom. The minimum Gasteiger partial charge on any atom is -0.348 e. The first-order valence-corrected chi connectivity index (χ1v) is 7.99. The van der Waals surface area contributed by atoms with Gasteiger partial charge in [0.25, 0.3) is 11.5 Å². The van der Waals surface area contributed by atoms with Crippen molar-refractivity contribution < 1.29 is 4.79 Å². The van der Waals surface area contributed by atoms with Crippen molar-refractivity contribution in [1.82, 2.24) is 20.5 Å². The second-order valence-corrected chi connectivity index (χ2v) is 6.20. The Labute approximate surface area is 136 Å². The highest BCUT2D eigenvalue weighted by molar-refractivity contribution is 7.13. The van der Waals surface area contributed by atoms with Gasteiger partial charge in [-0.15, -0.1) is 11.3 Å². The van der Waals surface area contributed by atoms with Gasteiger partial charge in [-0.2, -0.15) is 5.10 Å². The first-order chi connectivity index (χ1) is 11.1. The third-order valence-corrected chi connectivity index (χ3v) is 4.55. The number of H-pyrrole nitrogens is 2. The highest BCUT2D eigenvalue weighted by atomic mass is 32.1. The van der Waals surface area contributed by atoms with Gasteiger partial charge in [-0.1, -0.05) is 6.07 Å². The zero-order valence-electron chi connectivity index (χ0n) is 12.8. The first kappa shape index (κ1) is 15.2. The maximum atomic E-state index is 12.3. The van der Waals surface area contributed by atoms with Crippen molar-refractivity contribution in [2.75, 3.05) is 0 Å². The molecular formula is C16H16N4O2S. The second-order valence-electron chi connectivity index (χ2n) is 5.25. The minimum absolute atomic E-state index is 0.120. The molecule has 0 aliphatic heterocycles. The predicted molar refractivity (Wildman–Crippen MR) is 89.6 cm³/mol. The summed E-state index contributed by atoms with van der Waals surface area (Å²) < 4.78 is 0. The van der Waals surface area contributed by atoms with Crippen LogP contribution in [0, 0.1) is 13.8 Å². The van der Waals surface area contributed by atoms with Crippen LogP contribution in [0.25, 0.3) is 10.6 Å². The maximum absolute atomic E-state index is 12.3. The molecule has 0 saturated heterocycles. The van der Waals surface area contributed by atoms with E-state index in [1.807, 2.05) is 24.4 Å². The molecule has 3 N–H and O–H groups in total. The lowest BCUT2D eigenvalue weighted by atomic mass is 10.1. The van der Waals surface area contributed by atoms with Gasteiger partial charge < -0.3 is 10.3 Å². The van der Waals surface area contributed by atoms with E-state index >= 15 is 0 Å². The molecule has 0 spiro atoms. The molecule has 118 valence electrons. The van der Waals surface area contributed by atoms with Crippen molar-refractivity contribution in [3.05, 3.63) is 62.5 Å². The number of hydrogen-bond acceptors (Lipinski definition) is 4. The lowest BCUT2D eigenvalue weighted by Crippen LogP contribution is -2.29. The van der Waals surface area contributed by atoms with Crippen LogP contribution in [-0.4, -0.2) is 21.1 Å². The van der Waals surface area contributed by atoms with E-state index in [4.69, 9.17) is 0 Å². The molecule has 1 amide bonds. The van der Waals surface area contributed by atoms with Crippen molar-refractivity contribution in [1.29, 1.82) is 0 Å². The van der Waals surface area contributed by atoms with Crippen LogP contribution < -0.4 is 10.9 Å². The number of carbonyl (C=O) groups excluding carboxylic acids is 1. The molecule has 7 heteroatoms. The standard InChI is InChI=1S/C16H16N4O2S/c1-9-6-12(16(22)19-10(9)2)15(21)17-7-11-8-18-20-14(11)13-4-3-5-23-13/h3-6,8H,7H2,1-2H3,(H,17,21)(H,18,20)(H,19,22). The number of nitrogens with one attached hydrogen (secondary N) is 3. The van der Waals surface area contributed by atoms with Gasteiger partial charge in [0.15, 0.2) is 0 Å². The molecule has 0 fully saturated rings. The molecular weight excluding hydrogens is 312 g/mol. The number of aryl methyl sites for hydroxylation is 2. The maximum Gasteiger partial charge on any atom is 0.261 e. The number of amides is 1. The highest BCUT2D eigenvalue weighted by Gasteiger charge is 2.14. The Morgan fingerprint density at radius 1 is 1.39 bits per heavy atom. The normalized spacial score (nSPS) is 10.7. The molecule has 0 saturated carbocycles. The Hall–Kier alpha value is -2.67. The Kier molecular flexibility index (Phi) is 4.12. The summed E-state index contributed by atoms with van der Waals surface area (Å²) in [7, 11) is 0. The Balaban J connectivity index is 1.77. The zero-order valence-corrected chi connectivity index (χ0v) is 13.6. The van der Waals surface area contributed by atoms with Gasteiger partial charge in [0.2, 0.25) is 0 Å². The van der Waals surface area contributed by atoms with Gasteiger partial charge >= 0.3 is 0 Å². The average Bonchev–Trinajstić information content (AvgIpc) is 3.18. The lowest BCUT2D eigenvalue weighted by molar-refractivity contribution is 0.0949. The van der Waals surface area contributed by atoms with Crippen LogP contribution in [0.5, 0.6) is 0 Å². The van der Waals surface area contributed by atoms with Crippen LogP contribution in [0.15, 0.2) is 34.6 Å². The molecule has 3 aromatic heterocycles. The topological polar surface area (TPSA) is 90.6 Å². The summed E-state index contributed by atoms with van der Waals surface area (Å²) in [6.07, 6.45) is 1.68. The average molecular weight is 328 g/mol. The van der Waals surface area contributed by atoms with E-state index in [2.05, 4.69) is 20.5 Å². The van der Waals surface area contributed by atoms with Crippen molar-refractivity contribution in [2.24, 2.45) is 0 Å². The third-order valence-electron chi connectivity index (χ3n) is 3.67. The molecule has 6 nitrogen and oxygen atoms in total. The van der Waals surface area contributed by atoms with E-state index in [-0.39, 0.29) is 11.1 Å². The van der Waals surface area contributed by atoms with Crippen molar-refractivity contribution in [3.8, 4) is 10.6 Å². The molecule has 0 atom stereocenters. The highest BCUT2D eigenvalue weighted by Crippen LogP contribution is 2.25. The summed E-state index contributed by atoms with van der Waals surface area (Å²) in [6, 6.07) is 5.55. The number of aromatic amines is 2. The number of hydrogen-bond donors (Lipinski definition) is 3. The van der Waals surface area contributed by atoms with E-state index in [1.54, 1.807) is 30.5 Å². The molecule has 0 aliphatic carbocycles. The van der Waals surface area contributed by atoms with Gasteiger partial charge in [0, 0.05) is 17.8 Å². The second kappa shape index (κ2) is 6.21. The first-order valence-electron chi connectivity index (χ1n) is 7.11. The summed E-state index contributed by atoms with van der Waals surface area (Å²) in [5.41, 5.74) is 3.14. The van der Waals surface area contributed by atoms with Gasteiger partial charge in [-0.25, -0.2) is 0 Å². The van der Waals surface area contributed by atoms with Gasteiger partial charge in [-0.3, -0.25) is 14.7 Å². The molecule has 3 rings (SSSR count). The van der Waals surface area contributed by atoms with E-state index in [0.717, 1.165) is 27.4 Å². The summed E-state index contributed by atoms with van der Waals surface area (Å²) in [5, 5.41) is 11.7. The van der Waals surface area contributed by atoms with Crippen LogP contribution in [0.1, 0.15) is 27.2 Å². The van der Waals surface area contributed by atoms with Gasteiger partial charge in [-0.05, 0) is 36.9 Å². The number of pyridine rings is 1. The number of aromatic nitrogens is 3. The van der Waals surface area contributed by atoms with Crippen LogP contribution in [0.2, 0.25) is 0 Å². The predicted octanol–water partition coefficient (Wildman–Crippen LogP) is 2.37. The lowest BCUT2D eigenvalue weighted by Gasteiger charge is -2.07. The van der Waals surface area contributed by atoms with E-state index in [0.29, 0.717) is 6.54 Å². The van der Waals surface area contributed by atoms with Crippen LogP contribution in [-0.2, 0) is 6.54 Å². The largest absolute Gasteiger partial charge is 0.348 e. The SMILES string of the molecule is Cc1cc(C(=O)NCc2cn[nH]c2-c2cccs2)c(=O)[nH]c1C. The fraction of sp³-hybridized carbons (Fsp3) is 0.188. The summed E-state index contributed by atoms with van der Waals surface area (Å²) in [6.45, 7) is 3.96. The zero-order chi connectivity index (χ0) is 16.4. The van der Waals surface area contributed by atoms with E-state index in [9.17, 15) is 9.59 Å². The molecule has 0 unspecified atom stereocenters. The molecule has 0 radical (unpaired) electrons. The number of carbonyl (C=O) groups is 1. The van der Waals surface area contributed by atoms with Crippen molar-refractivity contribution >= 4 is 17.2 Å². The Bertz CT molecular complexity index is 893. The minimum atomic E-state index is -0.396. The van der Waals surface area contributed by atoms with Gasteiger partial charge in [0.05, 0.1) is 16.8 Å². The van der Waals surface area contributed by atoms with Crippen LogP contribution in [0.3, 0.4) is 0 Å². The number of thiophene rings is 1. The van der Waals surface area contributed by atoms with Crippen molar-refractivity contribution in [2.45, 2.75) is 20.4 Å². The summed E-state index contributed by atoms with van der Waals surface area (Å²) >= 11 is 1.59. The molecule has 0 aromatic carbocycles. The molecule has 23 heavy (non-hydrogen) atoms.